The molecule has 0 aliphatic rings. The van der Waals surface area contributed by atoms with Gasteiger partial charge in [-0.15, -0.1) is 0 Å². The maximum atomic E-state index is 8.73. The number of nitrogens with one attached hydrogen (secondary N) is 1. The molecule has 96 valence electrons. The summed E-state index contributed by atoms with van der Waals surface area (Å²) in [5, 5.41) is 12.1. The Morgan fingerprint density at radius 3 is 2.32 bits per heavy atom. The smallest absolute Gasteiger partial charge is 0.119 e. The van der Waals surface area contributed by atoms with E-state index in [2.05, 4.69) is 11.4 Å². The van der Waals surface area contributed by atoms with Crippen LogP contribution in [0, 0.1) is 11.3 Å². The maximum Gasteiger partial charge on any atom is 0.119 e. The number of benzene rings is 2. The summed E-state index contributed by atoms with van der Waals surface area (Å²) in [6.07, 6.45) is 0. The minimum atomic E-state index is 0.679. The van der Waals surface area contributed by atoms with Crippen LogP contribution in [-0.4, -0.2) is 6.61 Å². The third-order valence-corrected chi connectivity index (χ3v) is 2.74. The van der Waals surface area contributed by atoms with Crippen LogP contribution >= 0.6 is 0 Å². The van der Waals surface area contributed by atoms with Gasteiger partial charge in [0.1, 0.15) is 5.75 Å². The van der Waals surface area contributed by atoms with E-state index in [1.807, 2.05) is 55.5 Å². The second-order valence-corrected chi connectivity index (χ2v) is 4.12. The lowest BCUT2D eigenvalue weighted by atomic mass is 10.1. The van der Waals surface area contributed by atoms with Crippen molar-refractivity contribution in [3.05, 3.63) is 59.7 Å². The topological polar surface area (TPSA) is 45.0 Å². The van der Waals surface area contributed by atoms with Crippen LogP contribution in [0.5, 0.6) is 5.75 Å². The lowest BCUT2D eigenvalue weighted by Gasteiger charge is -2.08. The van der Waals surface area contributed by atoms with Crippen molar-refractivity contribution >= 4 is 5.69 Å². The number of nitriles is 1. The van der Waals surface area contributed by atoms with Gasteiger partial charge in [-0.2, -0.15) is 5.26 Å². The van der Waals surface area contributed by atoms with Crippen molar-refractivity contribution in [1.29, 1.82) is 5.26 Å². The largest absolute Gasteiger partial charge is 0.494 e. The average Bonchev–Trinajstić information content (AvgIpc) is 2.47. The summed E-state index contributed by atoms with van der Waals surface area (Å²) >= 11 is 0. The SMILES string of the molecule is CCOc1ccc(NCc2ccc(C#N)cc2)cc1. The zero-order valence-corrected chi connectivity index (χ0v) is 10.9. The van der Waals surface area contributed by atoms with E-state index >= 15 is 0 Å². The summed E-state index contributed by atoms with van der Waals surface area (Å²) in [6.45, 7) is 3.38. The van der Waals surface area contributed by atoms with E-state index < -0.39 is 0 Å². The molecule has 0 atom stereocenters. The van der Waals surface area contributed by atoms with Gasteiger partial charge in [0.25, 0.3) is 0 Å². The summed E-state index contributed by atoms with van der Waals surface area (Å²) < 4.78 is 5.39. The summed E-state index contributed by atoms with van der Waals surface area (Å²) in [7, 11) is 0. The number of anilines is 1. The Morgan fingerprint density at radius 2 is 1.74 bits per heavy atom. The van der Waals surface area contributed by atoms with E-state index in [0.29, 0.717) is 12.2 Å². The molecule has 0 aliphatic heterocycles. The number of rotatable bonds is 5. The first-order valence-electron chi connectivity index (χ1n) is 6.27. The number of nitrogens with zero attached hydrogens (tertiary/aromatic N) is 1. The molecule has 0 aliphatic carbocycles. The highest BCUT2D eigenvalue weighted by atomic mass is 16.5. The lowest BCUT2D eigenvalue weighted by molar-refractivity contribution is 0.340. The molecule has 0 amide bonds. The molecule has 1 N–H and O–H groups in total. The van der Waals surface area contributed by atoms with Gasteiger partial charge < -0.3 is 10.1 Å². The molecule has 2 aromatic carbocycles. The van der Waals surface area contributed by atoms with Gasteiger partial charge in [0, 0.05) is 12.2 Å². The molecule has 0 aromatic heterocycles. The van der Waals surface area contributed by atoms with Crippen LogP contribution in [0.1, 0.15) is 18.1 Å². The fraction of sp³-hybridized carbons (Fsp3) is 0.188. The molecule has 3 nitrogen and oxygen atoms in total. The number of ether oxygens (including phenoxy) is 1. The van der Waals surface area contributed by atoms with E-state index in [9.17, 15) is 0 Å². The second-order valence-electron chi connectivity index (χ2n) is 4.12. The minimum Gasteiger partial charge on any atom is -0.494 e. The molecule has 0 unspecified atom stereocenters. The van der Waals surface area contributed by atoms with Crippen molar-refractivity contribution in [2.45, 2.75) is 13.5 Å². The van der Waals surface area contributed by atoms with Crippen LogP contribution in [0.2, 0.25) is 0 Å². The third-order valence-electron chi connectivity index (χ3n) is 2.74. The number of hydrogen-bond acceptors (Lipinski definition) is 3. The Morgan fingerprint density at radius 1 is 1.05 bits per heavy atom. The highest BCUT2D eigenvalue weighted by molar-refractivity contribution is 5.47. The van der Waals surface area contributed by atoms with Crippen LogP contribution in [0.25, 0.3) is 0 Å². The van der Waals surface area contributed by atoms with Crippen molar-refractivity contribution in [2.24, 2.45) is 0 Å². The highest BCUT2D eigenvalue weighted by Gasteiger charge is 1.96. The fourth-order valence-electron chi connectivity index (χ4n) is 1.74. The Bertz CT molecular complexity index is 553. The van der Waals surface area contributed by atoms with E-state index in [-0.39, 0.29) is 0 Å². The van der Waals surface area contributed by atoms with E-state index in [0.717, 1.165) is 23.5 Å². The average molecular weight is 252 g/mol. The first-order valence-corrected chi connectivity index (χ1v) is 6.27. The molecule has 0 spiro atoms. The summed E-state index contributed by atoms with van der Waals surface area (Å²) in [5.41, 5.74) is 2.88. The maximum absolute atomic E-state index is 8.73. The molecule has 3 heteroatoms. The monoisotopic (exact) mass is 252 g/mol. The van der Waals surface area contributed by atoms with Gasteiger partial charge in [0.15, 0.2) is 0 Å². The Balaban J connectivity index is 1.92. The fourth-order valence-corrected chi connectivity index (χ4v) is 1.74. The van der Waals surface area contributed by atoms with Gasteiger partial charge in [-0.1, -0.05) is 12.1 Å². The van der Waals surface area contributed by atoms with E-state index in [4.69, 9.17) is 10.00 Å². The van der Waals surface area contributed by atoms with Gasteiger partial charge >= 0.3 is 0 Å². The highest BCUT2D eigenvalue weighted by Crippen LogP contribution is 2.16. The van der Waals surface area contributed by atoms with Gasteiger partial charge in [-0.25, -0.2) is 0 Å². The van der Waals surface area contributed by atoms with Crippen LogP contribution in [0.3, 0.4) is 0 Å². The summed E-state index contributed by atoms with van der Waals surface area (Å²) in [6, 6.07) is 17.6. The zero-order chi connectivity index (χ0) is 13.5. The normalized spacial score (nSPS) is 9.68. The molecule has 0 fully saturated rings. The van der Waals surface area contributed by atoms with Gasteiger partial charge in [-0.05, 0) is 48.9 Å². The first kappa shape index (κ1) is 13.0. The van der Waals surface area contributed by atoms with Crippen molar-refractivity contribution < 1.29 is 4.74 Å². The van der Waals surface area contributed by atoms with Crippen molar-refractivity contribution in [1.82, 2.24) is 0 Å². The zero-order valence-electron chi connectivity index (χ0n) is 10.9. The molecule has 2 aromatic rings. The van der Waals surface area contributed by atoms with Crippen molar-refractivity contribution in [2.75, 3.05) is 11.9 Å². The molecule has 0 heterocycles. The molecule has 0 radical (unpaired) electrons. The quantitative estimate of drug-likeness (QED) is 0.884. The minimum absolute atomic E-state index is 0.679. The Labute approximate surface area is 113 Å². The molecule has 0 saturated heterocycles. The predicted octanol–water partition coefficient (Wildman–Crippen LogP) is 3.57. The standard InChI is InChI=1S/C16H16N2O/c1-2-19-16-9-7-15(8-10-16)18-12-14-5-3-13(11-17)4-6-14/h3-10,18H,2,12H2,1H3. The first-order chi connectivity index (χ1) is 9.31. The molecule has 0 bridgehead atoms. The van der Waals surface area contributed by atoms with Crippen LogP contribution in [-0.2, 0) is 6.54 Å². The Kier molecular flexibility index (Phi) is 4.41. The Hall–Kier alpha value is -2.47. The van der Waals surface area contributed by atoms with Crippen LogP contribution < -0.4 is 10.1 Å². The van der Waals surface area contributed by atoms with Gasteiger partial charge in [0.05, 0.1) is 18.2 Å². The molecular formula is C16H16N2O. The van der Waals surface area contributed by atoms with E-state index in [1.54, 1.807) is 0 Å². The summed E-state index contributed by atoms with van der Waals surface area (Å²) in [5.74, 6) is 0.881. The van der Waals surface area contributed by atoms with Crippen LogP contribution in [0.15, 0.2) is 48.5 Å². The third kappa shape index (κ3) is 3.75. The van der Waals surface area contributed by atoms with Gasteiger partial charge in [0.2, 0.25) is 0 Å². The van der Waals surface area contributed by atoms with Crippen LogP contribution in [0.4, 0.5) is 5.69 Å². The molecule has 2 rings (SSSR count). The molecule has 19 heavy (non-hydrogen) atoms. The van der Waals surface area contributed by atoms with E-state index in [1.165, 1.54) is 0 Å². The van der Waals surface area contributed by atoms with Crippen molar-refractivity contribution in [3.63, 3.8) is 0 Å². The number of hydrogen-bond donors (Lipinski definition) is 1. The molecular weight excluding hydrogens is 236 g/mol. The van der Waals surface area contributed by atoms with Gasteiger partial charge in [-0.3, -0.25) is 0 Å². The second kappa shape index (κ2) is 6.46. The summed E-state index contributed by atoms with van der Waals surface area (Å²) in [4.78, 5) is 0. The lowest BCUT2D eigenvalue weighted by Crippen LogP contribution is -1.99. The predicted molar refractivity (Wildman–Crippen MR) is 76.1 cm³/mol. The molecule has 0 saturated carbocycles. The van der Waals surface area contributed by atoms with Crippen molar-refractivity contribution in [3.8, 4) is 11.8 Å².